The average Bonchev–Trinajstić information content (AvgIpc) is 2.59. The van der Waals surface area contributed by atoms with Crippen molar-refractivity contribution in [3.05, 3.63) is 0 Å². The van der Waals surface area contributed by atoms with Crippen LogP contribution in [0.25, 0.3) is 0 Å². The van der Waals surface area contributed by atoms with Gasteiger partial charge in [0, 0.05) is 26.6 Å². The smallest absolute Gasteiger partial charge is 0.232 e. The number of aliphatic imine (C=N–C) groups is 1. The minimum absolute atomic E-state index is 0.0738. The molecule has 1 saturated heterocycles. The number of carbonyl (C=O) groups is 1. The maximum Gasteiger partial charge on any atom is 0.232 e. The fourth-order valence-electron chi connectivity index (χ4n) is 3.50. The Morgan fingerprint density at radius 1 is 1.35 bits per heavy atom. The minimum Gasteiger partial charge on any atom is -0.369 e. The second-order valence-electron chi connectivity index (χ2n) is 6.78. The molecule has 1 rings (SSSR count). The molecule has 1 aliphatic rings. The highest BCUT2D eigenvalue weighted by Crippen LogP contribution is 2.29. The van der Waals surface area contributed by atoms with Crippen LogP contribution in [0.5, 0.6) is 0 Å². The summed E-state index contributed by atoms with van der Waals surface area (Å²) in [6.45, 7) is 7.81. The van der Waals surface area contributed by atoms with E-state index in [9.17, 15) is 4.79 Å². The van der Waals surface area contributed by atoms with Crippen LogP contribution in [0.15, 0.2) is 4.99 Å². The molecule has 0 aromatic heterocycles. The van der Waals surface area contributed by atoms with E-state index in [1.54, 1.807) is 19.0 Å². The number of nitrogens with zero attached hydrogens (tertiary/aromatic N) is 3. The number of rotatable bonds is 8. The third-order valence-electron chi connectivity index (χ3n) is 5.03. The molecule has 0 aromatic carbocycles. The Labute approximate surface area is 142 Å². The fourth-order valence-corrected chi connectivity index (χ4v) is 3.50. The standard InChI is InChI=1S/C18H36N4O/c1-5-7-11-16(17(23)21(4)18(19)20-3)15-10-9-13-22(14-15)12-8-6-2/h15-16H,5-14H2,1-4H3,(H2,19,20). The minimum atomic E-state index is 0.0738. The van der Waals surface area contributed by atoms with E-state index in [1.165, 1.54) is 25.8 Å². The topological polar surface area (TPSA) is 61.9 Å². The van der Waals surface area contributed by atoms with Gasteiger partial charge in [-0.1, -0.05) is 33.1 Å². The number of hydrogen-bond donors (Lipinski definition) is 1. The molecule has 0 saturated carbocycles. The normalized spacial score (nSPS) is 21.2. The van der Waals surface area contributed by atoms with E-state index < -0.39 is 0 Å². The SMILES string of the molecule is CCCCC(C(=O)N(C)C(N)=NC)C1CCCN(CCCC)C1. The van der Waals surface area contributed by atoms with Crippen molar-refractivity contribution in [2.75, 3.05) is 33.7 Å². The fraction of sp³-hybridized carbons (Fsp3) is 0.889. The van der Waals surface area contributed by atoms with Crippen molar-refractivity contribution in [2.24, 2.45) is 22.6 Å². The van der Waals surface area contributed by atoms with Gasteiger partial charge in [0.1, 0.15) is 0 Å². The summed E-state index contributed by atoms with van der Waals surface area (Å²) in [5, 5.41) is 0. The Hall–Kier alpha value is -1.10. The highest BCUT2D eigenvalue weighted by atomic mass is 16.2. The molecule has 0 aromatic rings. The second kappa shape index (κ2) is 10.6. The average molecular weight is 325 g/mol. The molecule has 1 amide bonds. The number of hydrogen-bond acceptors (Lipinski definition) is 3. The predicted octanol–water partition coefficient (Wildman–Crippen LogP) is 2.71. The Kier molecular flexibility index (Phi) is 9.22. The maximum absolute atomic E-state index is 12.9. The highest BCUT2D eigenvalue weighted by Gasteiger charge is 2.33. The molecule has 0 spiro atoms. The predicted molar refractivity (Wildman–Crippen MR) is 97.4 cm³/mol. The molecule has 5 nitrogen and oxygen atoms in total. The van der Waals surface area contributed by atoms with Gasteiger partial charge in [-0.15, -0.1) is 0 Å². The van der Waals surface area contributed by atoms with Gasteiger partial charge in [-0.2, -0.15) is 0 Å². The molecule has 2 unspecified atom stereocenters. The van der Waals surface area contributed by atoms with Crippen molar-refractivity contribution in [1.29, 1.82) is 0 Å². The van der Waals surface area contributed by atoms with Crippen LogP contribution in [0.3, 0.4) is 0 Å². The Balaban J connectivity index is 2.77. The lowest BCUT2D eigenvalue weighted by atomic mass is 9.81. The first kappa shape index (κ1) is 19.9. The van der Waals surface area contributed by atoms with Crippen molar-refractivity contribution in [1.82, 2.24) is 9.80 Å². The number of nitrogens with two attached hydrogens (primary N) is 1. The number of amides is 1. The van der Waals surface area contributed by atoms with Crippen LogP contribution in [0, 0.1) is 11.8 Å². The summed E-state index contributed by atoms with van der Waals surface area (Å²) in [5.74, 6) is 0.982. The lowest BCUT2D eigenvalue weighted by molar-refractivity contribution is -0.133. The van der Waals surface area contributed by atoms with E-state index in [4.69, 9.17) is 5.73 Å². The van der Waals surface area contributed by atoms with Crippen LogP contribution < -0.4 is 5.73 Å². The van der Waals surface area contributed by atoms with Crippen molar-refractivity contribution < 1.29 is 4.79 Å². The highest BCUT2D eigenvalue weighted by molar-refractivity contribution is 5.97. The van der Waals surface area contributed by atoms with Gasteiger partial charge in [0.15, 0.2) is 5.96 Å². The molecule has 1 aliphatic heterocycles. The molecule has 2 N–H and O–H groups in total. The van der Waals surface area contributed by atoms with Crippen LogP contribution >= 0.6 is 0 Å². The maximum atomic E-state index is 12.9. The zero-order valence-corrected chi connectivity index (χ0v) is 15.6. The molecular formula is C18H36N4O. The molecule has 0 bridgehead atoms. The van der Waals surface area contributed by atoms with Crippen LogP contribution in [0.4, 0.5) is 0 Å². The zero-order valence-electron chi connectivity index (χ0n) is 15.6. The van der Waals surface area contributed by atoms with Gasteiger partial charge in [0.25, 0.3) is 0 Å². The molecule has 134 valence electrons. The Morgan fingerprint density at radius 3 is 2.65 bits per heavy atom. The number of piperidine rings is 1. The summed E-state index contributed by atoms with van der Waals surface area (Å²) in [6.07, 6.45) is 8.01. The van der Waals surface area contributed by atoms with E-state index in [1.807, 2.05) is 0 Å². The molecule has 0 radical (unpaired) electrons. The summed E-state index contributed by atoms with van der Waals surface area (Å²) in [4.78, 5) is 21.0. The molecule has 5 heteroatoms. The summed E-state index contributed by atoms with van der Waals surface area (Å²) >= 11 is 0. The van der Waals surface area contributed by atoms with E-state index in [0.29, 0.717) is 11.9 Å². The van der Waals surface area contributed by atoms with Gasteiger partial charge in [0.05, 0.1) is 0 Å². The first-order chi connectivity index (χ1) is 11.0. The van der Waals surface area contributed by atoms with Crippen LogP contribution in [0.1, 0.15) is 58.8 Å². The molecule has 1 fully saturated rings. The molecule has 0 aliphatic carbocycles. The van der Waals surface area contributed by atoms with Gasteiger partial charge in [-0.3, -0.25) is 14.7 Å². The monoisotopic (exact) mass is 324 g/mol. The molecule has 23 heavy (non-hydrogen) atoms. The van der Waals surface area contributed by atoms with Gasteiger partial charge < -0.3 is 10.6 Å². The first-order valence-corrected chi connectivity index (χ1v) is 9.27. The number of likely N-dealkylation sites (tertiary alicyclic amines) is 1. The van der Waals surface area contributed by atoms with E-state index in [2.05, 4.69) is 23.7 Å². The van der Waals surface area contributed by atoms with Crippen LogP contribution in [0.2, 0.25) is 0 Å². The lowest BCUT2D eigenvalue weighted by Crippen LogP contribution is -2.47. The van der Waals surface area contributed by atoms with Gasteiger partial charge in [0.2, 0.25) is 5.91 Å². The van der Waals surface area contributed by atoms with Crippen molar-refractivity contribution in [2.45, 2.75) is 58.8 Å². The summed E-state index contributed by atoms with van der Waals surface area (Å²) in [6, 6.07) is 0. The van der Waals surface area contributed by atoms with Crippen molar-refractivity contribution in [3.63, 3.8) is 0 Å². The zero-order chi connectivity index (χ0) is 17.2. The molecule has 2 atom stereocenters. The van der Waals surface area contributed by atoms with Crippen LogP contribution in [-0.2, 0) is 4.79 Å². The third-order valence-corrected chi connectivity index (χ3v) is 5.03. The Morgan fingerprint density at radius 2 is 2.04 bits per heavy atom. The summed E-state index contributed by atoms with van der Waals surface area (Å²) in [5.41, 5.74) is 5.85. The number of unbranched alkanes of at least 4 members (excludes halogenated alkanes) is 2. The van der Waals surface area contributed by atoms with E-state index >= 15 is 0 Å². The largest absolute Gasteiger partial charge is 0.369 e. The van der Waals surface area contributed by atoms with Crippen molar-refractivity contribution in [3.8, 4) is 0 Å². The number of guanidine groups is 1. The van der Waals surface area contributed by atoms with Crippen molar-refractivity contribution >= 4 is 11.9 Å². The Bertz CT molecular complexity index is 383. The number of carbonyl (C=O) groups excluding carboxylic acids is 1. The van der Waals surface area contributed by atoms with E-state index in [0.717, 1.165) is 38.8 Å². The quantitative estimate of drug-likeness (QED) is 0.551. The molecular weight excluding hydrogens is 288 g/mol. The summed E-state index contributed by atoms with van der Waals surface area (Å²) in [7, 11) is 3.38. The second-order valence-corrected chi connectivity index (χ2v) is 6.78. The van der Waals surface area contributed by atoms with Gasteiger partial charge in [-0.05, 0) is 44.7 Å². The van der Waals surface area contributed by atoms with Crippen LogP contribution in [-0.4, -0.2) is 55.4 Å². The molecule has 1 heterocycles. The van der Waals surface area contributed by atoms with Gasteiger partial charge in [-0.25, -0.2) is 0 Å². The van der Waals surface area contributed by atoms with Gasteiger partial charge >= 0.3 is 0 Å². The lowest BCUT2D eigenvalue weighted by Gasteiger charge is -2.37. The first-order valence-electron chi connectivity index (χ1n) is 9.27. The third kappa shape index (κ3) is 6.13. The summed E-state index contributed by atoms with van der Waals surface area (Å²) < 4.78 is 0. The van der Waals surface area contributed by atoms with E-state index in [-0.39, 0.29) is 11.8 Å².